The van der Waals surface area contributed by atoms with E-state index in [9.17, 15) is 13.2 Å². The van der Waals surface area contributed by atoms with Crippen molar-refractivity contribution in [2.24, 2.45) is 0 Å². The standard InChI is InChI=1S/C17H19NO4S/c1-3-17(16(19)22-2,14-10-6-4-7-11-14)18-23(20,21)15-12-8-5-9-13-15/h4-13,18H,3H2,1-2H3. The molecule has 0 aliphatic rings. The minimum absolute atomic E-state index is 0.0951. The van der Waals surface area contributed by atoms with Gasteiger partial charge in [0, 0.05) is 0 Å². The van der Waals surface area contributed by atoms with E-state index in [1.165, 1.54) is 19.2 Å². The number of methoxy groups -OCH3 is 1. The van der Waals surface area contributed by atoms with Gasteiger partial charge in [-0.3, -0.25) is 0 Å². The van der Waals surface area contributed by atoms with Crippen LogP contribution in [0, 0.1) is 0 Å². The lowest BCUT2D eigenvalue weighted by Crippen LogP contribution is -2.51. The average Bonchev–Trinajstić information content (AvgIpc) is 2.60. The molecule has 2 aromatic rings. The summed E-state index contributed by atoms with van der Waals surface area (Å²) in [5, 5.41) is 0. The number of hydrogen-bond acceptors (Lipinski definition) is 4. The highest BCUT2D eigenvalue weighted by Crippen LogP contribution is 2.29. The highest BCUT2D eigenvalue weighted by Gasteiger charge is 2.43. The van der Waals surface area contributed by atoms with Gasteiger partial charge in [0.1, 0.15) is 0 Å². The number of ether oxygens (including phenoxy) is 1. The van der Waals surface area contributed by atoms with Gasteiger partial charge in [0.25, 0.3) is 0 Å². The van der Waals surface area contributed by atoms with Crippen molar-refractivity contribution in [3.8, 4) is 0 Å². The van der Waals surface area contributed by atoms with Crippen molar-refractivity contribution >= 4 is 16.0 Å². The van der Waals surface area contributed by atoms with Gasteiger partial charge in [-0.15, -0.1) is 0 Å². The maximum Gasteiger partial charge on any atom is 0.331 e. The molecule has 5 nitrogen and oxygen atoms in total. The SMILES string of the molecule is CCC(NS(=O)(=O)c1ccccc1)(C(=O)OC)c1ccccc1. The summed E-state index contributed by atoms with van der Waals surface area (Å²) in [6.07, 6.45) is 0.218. The molecule has 2 rings (SSSR count). The number of carbonyl (C=O) groups excluding carboxylic acids is 1. The predicted molar refractivity (Wildman–Crippen MR) is 87.2 cm³/mol. The topological polar surface area (TPSA) is 72.5 Å². The van der Waals surface area contributed by atoms with Crippen LogP contribution in [-0.4, -0.2) is 21.5 Å². The smallest absolute Gasteiger partial charge is 0.331 e. The molecule has 0 saturated carbocycles. The van der Waals surface area contributed by atoms with Crippen molar-refractivity contribution in [2.45, 2.75) is 23.8 Å². The largest absolute Gasteiger partial charge is 0.467 e. The van der Waals surface area contributed by atoms with Crippen molar-refractivity contribution in [1.82, 2.24) is 4.72 Å². The van der Waals surface area contributed by atoms with E-state index in [1.54, 1.807) is 55.5 Å². The second kappa shape index (κ2) is 6.93. The zero-order chi connectivity index (χ0) is 16.9. The second-order valence-electron chi connectivity index (χ2n) is 5.04. The van der Waals surface area contributed by atoms with E-state index >= 15 is 0 Å². The van der Waals surface area contributed by atoms with Crippen LogP contribution < -0.4 is 4.72 Å². The summed E-state index contributed by atoms with van der Waals surface area (Å²) < 4.78 is 32.8. The Morgan fingerprint density at radius 1 is 1.04 bits per heavy atom. The number of carbonyl (C=O) groups is 1. The molecule has 1 unspecified atom stereocenters. The van der Waals surface area contributed by atoms with Gasteiger partial charge in [-0.1, -0.05) is 55.5 Å². The number of esters is 1. The van der Waals surface area contributed by atoms with Crippen LogP contribution in [0.5, 0.6) is 0 Å². The molecule has 0 bridgehead atoms. The maximum absolute atomic E-state index is 12.7. The van der Waals surface area contributed by atoms with E-state index in [4.69, 9.17) is 4.74 Å². The third kappa shape index (κ3) is 3.43. The van der Waals surface area contributed by atoms with Crippen molar-refractivity contribution < 1.29 is 17.9 Å². The van der Waals surface area contributed by atoms with Gasteiger partial charge in [-0.25, -0.2) is 13.2 Å². The van der Waals surface area contributed by atoms with E-state index in [0.29, 0.717) is 5.56 Å². The first-order chi connectivity index (χ1) is 11.0. The predicted octanol–water partition coefficient (Wildman–Crippen LogP) is 2.44. The Morgan fingerprint density at radius 2 is 1.57 bits per heavy atom. The summed E-state index contributed by atoms with van der Waals surface area (Å²) in [6, 6.07) is 16.6. The molecule has 1 N–H and O–H groups in total. The van der Waals surface area contributed by atoms with Gasteiger partial charge in [0.05, 0.1) is 12.0 Å². The summed E-state index contributed by atoms with van der Waals surface area (Å²) in [5.74, 6) is -0.647. The molecular weight excluding hydrogens is 314 g/mol. The Bertz CT molecular complexity index is 760. The zero-order valence-corrected chi connectivity index (χ0v) is 13.8. The number of hydrogen-bond donors (Lipinski definition) is 1. The Labute approximate surface area is 136 Å². The van der Waals surface area contributed by atoms with Crippen LogP contribution in [0.25, 0.3) is 0 Å². The molecule has 6 heteroatoms. The summed E-state index contributed by atoms with van der Waals surface area (Å²) in [6.45, 7) is 1.73. The van der Waals surface area contributed by atoms with Crippen LogP contribution in [0.2, 0.25) is 0 Å². The molecule has 0 radical (unpaired) electrons. The number of sulfonamides is 1. The van der Waals surface area contributed by atoms with Crippen LogP contribution in [0.1, 0.15) is 18.9 Å². The molecule has 0 amide bonds. The van der Waals surface area contributed by atoms with E-state index in [2.05, 4.69) is 4.72 Å². The van der Waals surface area contributed by atoms with Gasteiger partial charge in [-0.05, 0) is 24.1 Å². The Hall–Kier alpha value is -2.18. The fourth-order valence-electron chi connectivity index (χ4n) is 2.42. The van der Waals surface area contributed by atoms with Crippen LogP contribution in [-0.2, 0) is 25.1 Å². The number of rotatable bonds is 6. The van der Waals surface area contributed by atoms with Crippen LogP contribution in [0.15, 0.2) is 65.6 Å². The molecule has 0 saturated heterocycles. The van der Waals surface area contributed by atoms with Gasteiger partial charge in [0.2, 0.25) is 10.0 Å². The first-order valence-corrected chi connectivity index (χ1v) is 8.67. The fraction of sp³-hybridized carbons (Fsp3) is 0.235. The summed E-state index contributed by atoms with van der Waals surface area (Å²) >= 11 is 0. The average molecular weight is 333 g/mol. The molecule has 0 aliphatic carbocycles. The third-order valence-corrected chi connectivity index (χ3v) is 5.20. The van der Waals surface area contributed by atoms with Crippen LogP contribution >= 0.6 is 0 Å². The van der Waals surface area contributed by atoms with Crippen molar-refractivity contribution in [1.29, 1.82) is 0 Å². The lowest BCUT2D eigenvalue weighted by Gasteiger charge is -2.31. The van der Waals surface area contributed by atoms with Gasteiger partial charge in [0.15, 0.2) is 5.54 Å². The molecule has 23 heavy (non-hydrogen) atoms. The lowest BCUT2D eigenvalue weighted by atomic mass is 9.88. The second-order valence-corrected chi connectivity index (χ2v) is 6.72. The Morgan fingerprint density at radius 3 is 2.04 bits per heavy atom. The van der Waals surface area contributed by atoms with Crippen LogP contribution in [0.4, 0.5) is 0 Å². The summed E-state index contributed by atoms with van der Waals surface area (Å²) in [4.78, 5) is 12.5. The first kappa shape index (κ1) is 17.2. The van der Waals surface area contributed by atoms with Crippen molar-refractivity contribution in [2.75, 3.05) is 7.11 Å². The lowest BCUT2D eigenvalue weighted by molar-refractivity contribution is -0.148. The molecule has 0 aliphatic heterocycles. The van der Waals surface area contributed by atoms with Gasteiger partial charge >= 0.3 is 5.97 Å². The first-order valence-electron chi connectivity index (χ1n) is 7.19. The molecule has 0 aromatic heterocycles. The molecule has 0 heterocycles. The summed E-state index contributed by atoms with van der Waals surface area (Å²) in [7, 11) is -2.64. The molecule has 1 atom stereocenters. The Balaban J connectivity index is 2.54. The van der Waals surface area contributed by atoms with Gasteiger partial charge in [-0.2, -0.15) is 4.72 Å². The quantitative estimate of drug-likeness (QED) is 0.824. The summed E-state index contributed by atoms with van der Waals surface area (Å²) in [5.41, 5.74) is -0.932. The highest BCUT2D eigenvalue weighted by molar-refractivity contribution is 7.89. The highest BCUT2D eigenvalue weighted by atomic mass is 32.2. The van der Waals surface area contributed by atoms with E-state index in [-0.39, 0.29) is 11.3 Å². The van der Waals surface area contributed by atoms with E-state index in [1.807, 2.05) is 0 Å². The molecule has 122 valence electrons. The van der Waals surface area contributed by atoms with Crippen molar-refractivity contribution in [3.63, 3.8) is 0 Å². The van der Waals surface area contributed by atoms with E-state index < -0.39 is 21.5 Å². The molecular formula is C17H19NO4S. The minimum atomic E-state index is -3.88. The minimum Gasteiger partial charge on any atom is -0.467 e. The fourth-order valence-corrected chi connectivity index (χ4v) is 3.86. The molecule has 0 spiro atoms. The zero-order valence-electron chi connectivity index (χ0n) is 13.0. The van der Waals surface area contributed by atoms with E-state index in [0.717, 1.165) is 0 Å². The molecule has 2 aromatic carbocycles. The monoisotopic (exact) mass is 333 g/mol. The number of benzene rings is 2. The molecule has 0 fully saturated rings. The van der Waals surface area contributed by atoms with Gasteiger partial charge < -0.3 is 4.74 Å². The van der Waals surface area contributed by atoms with Crippen molar-refractivity contribution in [3.05, 3.63) is 66.2 Å². The third-order valence-electron chi connectivity index (χ3n) is 3.69. The Kier molecular flexibility index (Phi) is 5.18. The van der Waals surface area contributed by atoms with Crippen LogP contribution in [0.3, 0.4) is 0 Å². The number of nitrogens with one attached hydrogen (secondary N) is 1. The normalized spacial score (nSPS) is 14.0. The maximum atomic E-state index is 12.7.